The number of nitrogens with one attached hydrogen (secondary N) is 1. The van der Waals surface area contributed by atoms with Crippen molar-refractivity contribution in [2.45, 2.75) is 13.3 Å². The van der Waals surface area contributed by atoms with Crippen LogP contribution in [0.1, 0.15) is 18.1 Å². The number of amides is 1. The summed E-state index contributed by atoms with van der Waals surface area (Å²) in [6.07, 6.45) is 2.85. The van der Waals surface area contributed by atoms with Crippen LogP contribution < -0.4 is 5.32 Å². The fourth-order valence-corrected chi connectivity index (χ4v) is 3.85. The summed E-state index contributed by atoms with van der Waals surface area (Å²) in [5, 5.41) is 5.80. The molecule has 0 bridgehead atoms. The third kappa shape index (κ3) is 3.28. The third-order valence-electron chi connectivity index (χ3n) is 4.36. The summed E-state index contributed by atoms with van der Waals surface area (Å²) in [5.74, 6) is -0.101. The van der Waals surface area contributed by atoms with Crippen LogP contribution in [-0.4, -0.2) is 11.1 Å². The molecule has 0 saturated carbocycles. The Balaban J connectivity index is 1.68. The molecule has 128 valence electrons. The zero-order valence-corrected chi connectivity index (χ0v) is 15.2. The summed E-state index contributed by atoms with van der Waals surface area (Å²) in [5.41, 5.74) is 3.11. The van der Waals surface area contributed by atoms with Crippen LogP contribution in [0.15, 0.2) is 76.6 Å². The van der Waals surface area contributed by atoms with E-state index in [2.05, 4.69) is 41.5 Å². The molecular formula is C22H18N2OS. The van der Waals surface area contributed by atoms with Gasteiger partial charge in [0.15, 0.2) is 5.17 Å². The van der Waals surface area contributed by atoms with Crippen molar-refractivity contribution in [2.75, 3.05) is 0 Å². The number of carbonyl (C=O) groups excluding carboxylic acids is 1. The van der Waals surface area contributed by atoms with E-state index in [-0.39, 0.29) is 5.91 Å². The first kappa shape index (κ1) is 16.6. The van der Waals surface area contributed by atoms with Gasteiger partial charge in [-0.05, 0) is 52.2 Å². The number of fused-ring (bicyclic) bond motifs is 1. The summed E-state index contributed by atoms with van der Waals surface area (Å²) < 4.78 is 0. The summed E-state index contributed by atoms with van der Waals surface area (Å²) in [4.78, 5) is 17.7. The molecule has 3 nitrogen and oxygen atoms in total. The van der Waals surface area contributed by atoms with E-state index in [9.17, 15) is 4.79 Å². The van der Waals surface area contributed by atoms with Crippen LogP contribution in [0.3, 0.4) is 0 Å². The van der Waals surface area contributed by atoms with Gasteiger partial charge in [-0.1, -0.05) is 67.6 Å². The molecule has 1 amide bonds. The zero-order valence-electron chi connectivity index (χ0n) is 14.4. The fraction of sp³-hybridized carbons (Fsp3) is 0.0909. The van der Waals surface area contributed by atoms with E-state index < -0.39 is 0 Å². The molecule has 3 aromatic rings. The van der Waals surface area contributed by atoms with Crippen molar-refractivity contribution in [1.82, 2.24) is 5.32 Å². The van der Waals surface area contributed by atoms with Crippen molar-refractivity contribution >= 4 is 45.4 Å². The lowest BCUT2D eigenvalue weighted by atomic mass is 10.0. The minimum absolute atomic E-state index is 0.101. The number of hydrogen-bond donors (Lipinski definition) is 1. The molecule has 1 aliphatic rings. The summed E-state index contributed by atoms with van der Waals surface area (Å²) in [6.45, 7) is 2.10. The van der Waals surface area contributed by atoms with E-state index in [0.717, 1.165) is 28.4 Å². The molecule has 1 aliphatic heterocycles. The van der Waals surface area contributed by atoms with Gasteiger partial charge in [-0.2, -0.15) is 0 Å². The number of hydrogen-bond acceptors (Lipinski definition) is 3. The largest absolute Gasteiger partial charge is 0.300 e. The molecule has 0 aromatic heterocycles. The van der Waals surface area contributed by atoms with Crippen LogP contribution in [-0.2, 0) is 11.2 Å². The molecule has 1 fully saturated rings. The summed E-state index contributed by atoms with van der Waals surface area (Å²) in [7, 11) is 0. The van der Waals surface area contributed by atoms with Gasteiger partial charge in [0, 0.05) is 0 Å². The van der Waals surface area contributed by atoms with E-state index in [1.54, 1.807) is 0 Å². The van der Waals surface area contributed by atoms with E-state index in [1.165, 1.54) is 17.3 Å². The molecule has 1 heterocycles. The van der Waals surface area contributed by atoms with Gasteiger partial charge in [-0.15, -0.1) is 0 Å². The van der Waals surface area contributed by atoms with Gasteiger partial charge < -0.3 is 5.32 Å². The highest BCUT2D eigenvalue weighted by molar-refractivity contribution is 8.18. The van der Waals surface area contributed by atoms with Crippen molar-refractivity contribution in [3.05, 3.63) is 82.8 Å². The molecule has 1 N–H and O–H groups in total. The summed E-state index contributed by atoms with van der Waals surface area (Å²) in [6, 6.07) is 22.3. The van der Waals surface area contributed by atoms with Gasteiger partial charge in [0.1, 0.15) is 0 Å². The molecule has 4 heteroatoms. The maximum absolute atomic E-state index is 12.4. The molecule has 26 heavy (non-hydrogen) atoms. The Kier molecular flexibility index (Phi) is 4.59. The molecule has 1 saturated heterocycles. The number of aliphatic imine (C=N–C) groups is 1. The van der Waals surface area contributed by atoms with Gasteiger partial charge in [-0.25, -0.2) is 4.99 Å². The highest BCUT2D eigenvalue weighted by Gasteiger charge is 2.24. The van der Waals surface area contributed by atoms with Crippen LogP contribution in [0.4, 0.5) is 5.69 Å². The second-order valence-corrected chi connectivity index (χ2v) is 7.06. The van der Waals surface area contributed by atoms with Crippen molar-refractivity contribution in [1.29, 1.82) is 0 Å². The van der Waals surface area contributed by atoms with E-state index in [4.69, 9.17) is 0 Å². The zero-order chi connectivity index (χ0) is 17.9. The molecule has 0 radical (unpaired) electrons. The lowest BCUT2D eigenvalue weighted by Crippen LogP contribution is -2.19. The van der Waals surface area contributed by atoms with Crippen molar-refractivity contribution < 1.29 is 4.79 Å². The van der Waals surface area contributed by atoms with Crippen LogP contribution in [0.2, 0.25) is 0 Å². The number of para-hydroxylation sites is 1. The van der Waals surface area contributed by atoms with Crippen LogP contribution in [0.25, 0.3) is 16.8 Å². The molecular weight excluding hydrogens is 340 g/mol. The Morgan fingerprint density at radius 3 is 2.65 bits per heavy atom. The standard InChI is InChI=1S/C22H18N2OS/c1-2-15-8-4-6-13-19(15)23-22-24-21(25)20(26-22)14-17-11-7-10-16-9-3-5-12-18(16)17/h3-14H,2H2,1H3,(H,23,24,25)/b20-14+. The first-order valence-electron chi connectivity index (χ1n) is 8.60. The Morgan fingerprint density at radius 2 is 1.77 bits per heavy atom. The first-order chi connectivity index (χ1) is 12.7. The second-order valence-electron chi connectivity index (χ2n) is 6.03. The molecule has 0 aliphatic carbocycles. The quantitative estimate of drug-likeness (QED) is 0.646. The van der Waals surface area contributed by atoms with Crippen molar-refractivity contribution in [3.63, 3.8) is 0 Å². The van der Waals surface area contributed by atoms with E-state index in [0.29, 0.717) is 10.1 Å². The first-order valence-corrected chi connectivity index (χ1v) is 9.41. The minimum Gasteiger partial charge on any atom is -0.300 e. The maximum Gasteiger partial charge on any atom is 0.264 e. The average Bonchev–Trinajstić information content (AvgIpc) is 3.01. The number of carbonyl (C=O) groups is 1. The average molecular weight is 358 g/mol. The highest BCUT2D eigenvalue weighted by atomic mass is 32.2. The fourth-order valence-electron chi connectivity index (χ4n) is 3.03. The molecule has 0 unspecified atom stereocenters. The number of thioether (sulfide) groups is 1. The number of aryl methyl sites for hydroxylation is 1. The van der Waals surface area contributed by atoms with Crippen molar-refractivity contribution in [2.24, 2.45) is 4.99 Å². The van der Waals surface area contributed by atoms with Gasteiger partial charge in [0.05, 0.1) is 10.6 Å². The van der Waals surface area contributed by atoms with Crippen LogP contribution in [0.5, 0.6) is 0 Å². The van der Waals surface area contributed by atoms with Crippen LogP contribution >= 0.6 is 11.8 Å². The number of benzene rings is 3. The molecule has 0 atom stereocenters. The molecule has 0 spiro atoms. The van der Waals surface area contributed by atoms with E-state index in [1.807, 2.05) is 48.5 Å². The smallest absolute Gasteiger partial charge is 0.264 e. The van der Waals surface area contributed by atoms with Crippen LogP contribution in [0, 0.1) is 0 Å². The number of nitrogens with zero attached hydrogens (tertiary/aromatic N) is 1. The topological polar surface area (TPSA) is 41.5 Å². The minimum atomic E-state index is -0.101. The van der Waals surface area contributed by atoms with Gasteiger partial charge in [0.2, 0.25) is 0 Å². The van der Waals surface area contributed by atoms with Crippen molar-refractivity contribution in [3.8, 4) is 0 Å². The lowest BCUT2D eigenvalue weighted by Gasteiger charge is -2.03. The molecule has 4 rings (SSSR count). The Hall–Kier alpha value is -2.85. The molecule has 3 aromatic carbocycles. The Morgan fingerprint density at radius 1 is 1.00 bits per heavy atom. The highest BCUT2D eigenvalue weighted by Crippen LogP contribution is 2.31. The predicted octanol–water partition coefficient (Wildman–Crippen LogP) is 5.29. The lowest BCUT2D eigenvalue weighted by molar-refractivity contribution is -0.115. The summed E-state index contributed by atoms with van der Waals surface area (Å²) >= 11 is 1.39. The number of amidine groups is 1. The number of rotatable bonds is 3. The SMILES string of the molecule is CCc1ccccc1N=C1NC(=O)/C(=C\c2cccc3ccccc23)S1. The predicted molar refractivity (Wildman–Crippen MR) is 111 cm³/mol. The Bertz CT molecular complexity index is 1050. The Labute approximate surface area is 156 Å². The van der Waals surface area contributed by atoms with Gasteiger partial charge in [0.25, 0.3) is 5.91 Å². The second kappa shape index (κ2) is 7.18. The van der Waals surface area contributed by atoms with E-state index >= 15 is 0 Å². The van der Waals surface area contributed by atoms with Gasteiger partial charge >= 0.3 is 0 Å². The van der Waals surface area contributed by atoms with Gasteiger partial charge in [-0.3, -0.25) is 4.79 Å². The normalized spacial score (nSPS) is 17.2. The third-order valence-corrected chi connectivity index (χ3v) is 5.27. The monoisotopic (exact) mass is 358 g/mol. The maximum atomic E-state index is 12.4.